The molecular weight excluding hydrogens is 328 g/mol. The number of ether oxygens (including phenoxy) is 2. The average Bonchev–Trinajstić information content (AvgIpc) is 2.54. The van der Waals surface area contributed by atoms with Crippen molar-refractivity contribution in [1.29, 1.82) is 0 Å². The number of hydrogen-bond acceptors (Lipinski definition) is 4. The Hall–Kier alpha value is -2.46. The molecular formula is C19H17ClO4. The highest BCUT2D eigenvalue weighted by molar-refractivity contribution is 6.32. The number of fused-ring (bicyclic) bond motifs is 1. The fourth-order valence-corrected chi connectivity index (χ4v) is 2.82. The number of methoxy groups -OCH3 is 1. The molecule has 0 saturated heterocycles. The monoisotopic (exact) mass is 344 g/mol. The second kappa shape index (κ2) is 6.57. The summed E-state index contributed by atoms with van der Waals surface area (Å²) in [6.45, 7) is 4.14. The van der Waals surface area contributed by atoms with Crippen LogP contribution in [0.3, 0.4) is 0 Å². The van der Waals surface area contributed by atoms with Crippen molar-refractivity contribution in [2.45, 2.75) is 20.5 Å². The Labute approximate surface area is 144 Å². The molecule has 0 unspecified atom stereocenters. The van der Waals surface area contributed by atoms with E-state index in [1.54, 1.807) is 19.2 Å². The third-order valence-corrected chi connectivity index (χ3v) is 4.12. The van der Waals surface area contributed by atoms with Crippen molar-refractivity contribution in [3.63, 3.8) is 0 Å². The van der Waals surface area contributed by atoms with Crippen LogP contribution in [0.5, 0.6) is 11.5 Å². The van der Waals surface area contributed by atoms with E-state index in [1.165, 1.54) is 6.07 Å². The second-order valence-electron chi connectivity index (χ2n) is 5.63. The number of rotatable bonds is 4. The Bertz CT molecular complexity index is 959. The lowest BCUT2D eigenvalue weighted by Gasteiger charge is -2.13. The predicted octanol–water partition coefficient (Wildman–Crippen LogP) is 4.65. The van der Waals surface area contributed by atoms with Crippen molar-refractivity contribution < 1.29 is 13.9 Å². The molecule has 3 aromatic rings. The largest absolute Gasteiger partial charge is 0.496 e. The lowest BCUT2D eigenvalue weighted by atomic mass is 10.1. The Kier molecular flexibility index (Phi) is 4.49. The Balaban J connectivity index is 1.95. The lowest BCUT2D eigenvalue weighted by Crippen LogP contribution is -2.01. The number of halogens is 1. The van der Waals surface area contributed by atoms with Gasteiger partial charge < -0.3 is 13.9 Å². The van der Waals surface area contributed by atoms with Gasteiger partial charge in [0.2, 0.25) is 0 Å². The molecule has 0 bridgehead atoms. The molecule has 4 nitrogen and oxygen atoms in total. The van der Waals surface area contributed by atoms with Gasteiger partial charge in [0.1, 0.15) is 23.7 Å². The first-order valence-electron chi connectivity index (χ1n) is 7.48. The van der Waals surface area contributed by atoms with E-state index in [0.29, 0.717) is 23.0 Å². The second-order valence-corrected chi connectivity index (χ2v) is 6.04. The normalized spacial score (nSPS) is 10.8. The first-order chi connectivity index (χ1) is 11.5. The van der Waals surface area contributed by atoms with Crippen molar-refractivity contribution in [1.82, 2.24) is 0 Å². The molecule has 1 heterocycles. The number of benzene rings is 2. The van der Waals surface area contributed by atoms with Gasteiger partial charge in [-0.15, -0.1) is 0 Å². The van der Waals surface area contributed by atoms with Gasteiger partial charge in [-0.25, -0.2) is 4.79 Å². The topological polar surface area (TPSA) is 48.7 Å². The highest BCUT2D eigenvalue weighted by atomic mass is 35.5. The van der Waals surface area contributed by atoms with Gasteiger partial charge in [0.25, 0.3) is 0 Å². The molecule has 0 radical (unpaired) electrons. The fourth-order valence-electron chi connectivity index (χ4n) is 2.61. The van der Waals surface area contributed by atoms with Crippen LogP contribution in [0.25, 0.3) is 11.0 Å². The van der Waals surface area contributed by atoms with Gasteiger partial charge in [-0.3, -0.25) is 0 Å². The lowest BCUT2D eigenvalue weighted by molar-refractivity contribution is 0.296. The van der Waals surface area contributed by atoms with Crippen LogP contribution in [0.2, 0.25) is 5.02 Å². The van der Waals surface area contributed by atoms with Crippen molar-refractivity contribution in [2.75, 3.05) is 7.11 Å². The predicted molar refractivity (Wildman–Crippen MR) is 94.3 cm³/mol. The van der Waals surface area contributed by atoms with Crippen LogP contribution >= 0.6 is 11.6 Å². The van der Waals surface area contributed by atoms with Crippen LogP contribution < -0.4 is 15.1 Å². The average molecular weight is 345 g/mol. The maximum Gasteiger partial charge on any atom is 0.336 e. The van der Waals surface area contributed by atoms with E-state index in [-0.39, 0.29) is 0 Å². The standard InChI is InChI=1S/C19H17ClO4/c1-11-4-5-16(22-3)13(6-11)10-23-18-9-17-14(8-15(18)20)12(2)7-19(21)24-17/h4-9H,10H2,1-3H3. The molecule has 0 aliphatic carbocycles. The minimum absolute atomic E-state index is 0.298. The summed E-state index contributed by atoms with van der Waals surface area (Å²) in [5.74, 6) is 1.21. The SMILES string of the molecule is COc1ccc(C)cc1COc1cc2oc(=O)cc(C)c2cc1Cl. The molecule has 0 N–H and O–H groups in total. The van der Waals surface area contributed by atoms with Crippen molar-refractivity contribution >= 4 is 22.6 Å². The third kappa shape index (κ3) is 3.24. The first kappa shape index (κ1) is 16.4. The van der Waals surface area contributed by atoms with Gasteiger partial charge in [0.15, 0.2) is 0 Å². The first-order valence-corrected chi connectivity index (χ1v) is 7.86. The molecule has 3 rings (SSSR count). The van der Waals surface area contributed by atoms with E-state index in [4.69, 9.17) is 25.5 Å². The number of hydrogen-bond donors (Lipinski definition) is 0. The fraction of sp³-hybridized carbons (Fsp3) is 0.211. The van der Waals surface area contributed by atoms with Crippen molar-refractivity contribution in [3.05, 3.63) is 68.5 Å². The van der Waals surface area contributed by atoms with Crippen molar-refractivity contribution in [2.24, 2.45) is 0 Å². The van der Waals surface area contributed by atoms with Crippen LogP contribution in [0.15, 0.2) is 45.6 Å². The molecule has 0 spiro atoms. The quantitative estimate of drug-likeness (QED) is 0.646. The van der Waals surface area contributed by atoms with Gasteiger partial charge in [-0.2, -0.15) is 0 Å². The molecule has 0 saturated carbocycles. The Morgan fingerprint density at radius 3 is 2.62 bits per heavy atom. The van der Waals surface area contributed by atoms with E-state index in [9.17, 15) is 4.79 Å². The third-order valence-electron chi connectivity index (χ3n) is 3.82. The van der Waals surface area contributed by atoms with Crippen LogP contribution in [0, 0.1) is 13.8 Å². The molecule has 5 heteroatoms. The van der Waals surface area contributed by atoms with E-state index in [1.807, 2.05) is 32.0 Å². The maximum atomic E-state index is 11.5. The molecule has 0 aliphatic rings. The van der Waals surface area contributed by atoms with Gasteiger partial charge in [-0.1, -0.05) is 23.2 Å². The molecule has 124 valence electrons. The molecule has 0 aliphatic heterocycles. The smallest absolute Gasteiger partial charge is 0.336 e. The zero-order chi connectivity index (χ0) is 17.3. The van der Waals surface area contributed by atoms with E-state index < -0.39 is 5.63 Å². The van der Waals surface area contributed by atoms with Gasteiger partial charge in [0.05, 0.1) is 12.1 Å². The summed E-state index contributed by atoms with van der Waals surface area (Å²) >= 11 is 6.31. The summed E-state index contributed by atoms with van der Waals surface area (Å²) in [5, 5.41) is 1.26. The minimum atomic E-state index is -0.395. The minimum Gasteiger partial charge on any atom is -0.496 e. The van der Waals surface area contributed by atoms with E-state index >= 15 is 0 Å². The highest BCUT2D eigenvalue weighted by Gasteiger charge is 2.11. The van der Waals surface area contributed by atoms with E-state index in [0.717, 1.165) is 27.8 Å². The van der Waals surface area contributed by atoms with Crippen molar-refractivity contribution in [3.8, 4) is 11.5 Å². The van der Waals surface area contributed by atoms with Crippen LogP contribution in [0.4, 0.5) is 0 Å². The summed E-state index contributed by atoms with van der Waals surface area (Å²) in [7, 11) is 1.62. The summed E-state index contributed by atoms with van der Waals surface area (Å²) in [6.07, 6.45) is 0. The van der Waals surface area contributed by atoms with Gasteiger partial charge in [0, 0.05) is 23.1 Å². The summed E-state index contributed by atoms with van der Waals surface area (Å²) < 4.78 is 16.4. The van der Waals surface area contributed by atoms with Gasteiger partial charge in [-0.05, 0) is 37.6 Å². The molecule has 1 aromatic heterocycles. The summed E-state index contributed by atoms with van der Waals surface area (Å²) in [6, 6.07) is 10.7. The zero-order valence-corrected chi connectivity index (χ0v) is 14.4. The summed E-state index contributed by atoms with van der Waals surface area (Å²) in [5.41, 5.74) is 2.90. The molecule has 24 heavy (non-hydrogen) atoms. The summed E-state index contributed by atoms with van der Waals surface area (Å²) in [4.78, 5) is 11.5. The highest BCUT2D eigenvalue weighted by Crippen LogP contribution is 2.32. The molecule has 0 amide bonds. The zero-order valence-electron chi connectivity index (χ0n) is 13.7. The van der Waals surface area contributed by atoms with Gasteiger partial charge >= 0.3 is 5.63 Å². The maximum absolute atomic E-state index is 11.5. The Morgan fingerprint density at radius 2 is 1.88 bits per heavy atom. The molecule has 2 aromatic carbocycles. The molecule has 0 atom stereocenters. The Morgan fingerprint density at radius 1 is 1.08 bits per heavy atom. The van der Waals surface area contributed by atoms with Crippen LogP contribution in [0.1, 0.15) is 16.7 Å². The van der Waals surface area contributed by atoms with E-state index in [2.05, 4.69) is 0 Å². The molecule has 0 fully saturated rings. The van der Waals surface area contributed by atoms with Crippen LogP contribution in [-0.2, 0) is 6.61 Å². The number of aryl methyl sites for hydroxylation is 2. The van der Waals surface area contributed by atoms with Crippen LogP contribution in [-0.4, -0.2) is 7.11 Å².